The molecule has 1 N–H and O–H groups in total. The standard InChI is InChI=1S/C38H40FN3O5/c1-38(2,3)47-37(43)41-29-15-17-42(18-16-29)30-21-31(26-11-12-28(23-40)32(39)19-26)36(35(22-30)45-5)27-13-14-33(44-4)34(20-27)46-24-25-9-7-6-8-10-25/h6-14,19-22,29H,15-18,24H2,1-5H3,(H,41,43). The molecule has 0 bridgehead atoms. The van der Waals surface area contributed by atoms with Crippen LogP contribution in [0, 0.1) is 17.1 Å². The Morgan fingerprint density at radius 1 is 0.915 bits per heavy atom. The van der Waals surface area contributed by atoms with Gasteiger partial charge in [-0.15, -0.1) is 0 Å². The van der Waals surface area contributed by atoms with Gasteiger partial charge in [0.1, 0.15) is 29.8 Å². The van der Waals surface area contributed by atoms with E-state index in [1.807, 2.05) is 87.5 Å². The normalized spacial score (nSPS) is 13.4. The molecule has 8 nitrogen and oxygen atoms in total. The van der Waals surface area contributed by atoms with E-state index in [9.17, 15) is 10.1 Å². The molecule has 9 heteroatoms. The van der Waals surface area contributed by atoms with Crippen LogP contribution in [0.2, 0.25) is 0 Å². The van der Waals surface area contributed by atoms with E-state index in [0.29, 0.717) is 42.5 Å². The molecule has 0 atom stereocenters. The lowest BCUT2D eigenvalue weighted by atomic mass is 9.91. The highest BCUT2D eigenvalue weighted by atomic mass is 19.1. The molecule has 47 heavy (non-hydrogen) atoms. The largest absolute Gasteiger partial charge is 0.496 e. The summed E-state index contributed by atoms with van der Waals surface area (Å²) in [5.41, 5.74) is 4.18. The quantitative estimate of drug-likeness (QED) is 0.198. The molecule has 0 aliphatic carbocycles. The van der Waals surface area contributed by atoms with Gasteiger partial charge in [-0.3, -0.25) is 0 Å². The molecule has 0 aromatic heterocycles. The molecular formula is C38H40FN3O5. The summed E-state index contributed by atoms with van der Waals surface area (Å²) >= 11 is 0. The fourth-order valence-electron chi connectivity index (χ4n) is 5.68. The van der Waals surface area contributed by atoms with Gasteiger partial charge < -0.3 is 29.2 Å². The molecule has 1 saturated heterocycles. The number of carbonyl (C=O) groups excluding carboxylic acids is 1. The molecule has 1 amide bonds. The van der Waals surface area contributed by atoms with Crippen molar-refractivity contribution in [2.45, 2.75) is 51.9 Å². The second-order valence-corrected chi connectivity index (χ2v) is 12.4. The summed E-state index contributed by atoms with van der Waals surface area (Å²) in [5, 5.41) is 12.4. The van der Waals surface area contributed by atoms with Crippen molar-refractivity contribution in [1.82, 2.24) is 5.32 Å². The molecule has 0 unspecified atom stereocenters. The maximum absolute atomic E-state index is 15.0. The molecule has 1 aliphatic rings. The van der Waals surface area contributed by atoms with Gasteiger partial charge in [-0.05, 0) is 86.2 Å². The minimum absolute atomic E-state index is 0.0111. The molecule has 1 heterocycles. The fourth-order valence-corrected chi connectivity index (χ4v) is 5.68. The van der Waals surface area contributed by atoms with E-state index in [0.717, 1.165) is 40.8 Å². The summed E-state index contributed by atoms with van der Waals surface area (Å²) in [4.78, 5) is 14.6. The van der Waals surface area contributed by atoms with Crippen LogP contribution < -0.4 is 24.4 Å². The second kappa shape index (κ2) is 14.5. The second-order valence-electron chi connectivity index (χ2n) is 12.4. The molecule has 0 saturated carbocycles. The number of nitriles is 1. The van der Waals surface area contributed by atoms with Gasteiger partial charge in [0.2, 0.25) is 0 Å². The Bertz CT molecular complexity index is 1760. The molecule has 1 aliphatic heterocycles. The number of halogens is 1. The highest BCUT2D eigenvalue weighted by molar-refractivity contribution is 5.91. The Hall–Kier alpha value is -5.23. The van der Waals surface area contributed by atoms with Crippen LogP contribution in [0.5, 0.6) is 17.2 Å². The van der Waals surface area contributed by atoms with E-state index in [-0.39, 0.29) is 11.6 Å². The van der Waals surface area contributed by atoms with Crippen LogP contribution in [0.1, 0.15) is 44.7 Å². The van der Waals surface area contributed by atoms with Crippen LogP contribution >= 0.6 is 0 Å². The zero-order valence-corrected chi connectivity index (χ0v) is 27.4. The maximum Gasteiger partial charge on any atom is 0.407 e. The van der Waals surface area contributed by atoms with Crippen molar-refractivity contribution in [3.8, 4) is 45.6 Å². The summed E-state index contributed by atoms with van der Waals surface area (Å²) in [6.07, 6.45) is 1.04. The third-order valence-electron chi connectivity index (χ3n) is 7.98. The van der Waals surface area contributed by atoms with Crippen molar-refractivity contribution >= 4 is 11.8 Å². The molecule has 0 radical (unpaired) electrons. The van der Waals surface area contributed by atoms with Gasteiger partial charge >= 0.3 is 6.09 Å². The predicted octanol–water partition coefficient (Wildman–Crippen LogP) is 8.12. The maximum atomic E-state index is 15.0. The van der Waals surface area contributed by atoms with Crippen molar-refractivity contribution in [3.05, 3.63) is 95.8 Å². The summed E-state index contributed by atoms with van der Waals surface area (Å²) in [6.45, 7) is 7.24. The highest BCUT2D eigenvalue weighted by Gasteiger charge is 2.26. The average molecular weight is 638 g/mol. The first-order chi connectivity index (χ1) is 22.6. The van der Waals surface area contributed by atoms with Crippen LogP contribution in [0.3, 0.4) is 0 Å². The first-order valence-electron chi connectivity index (χ1n) is 15.6. The van der Waals surface area contributed by atoms with E-state index in [1.54, 1.807) is 20.3 Å². The van der Waals surface area contributed by atoms with E-state index >= 15 is 4.39 Å². The molecule has 4 aromatic carbocycles. The van der Waals surface area contributed by atoms with Gasteiger partial charge in [0, 0.05) is 36.4 Å². The number of nitrogens with zero attached hydrogens (tertiary/aromatic N) is 2. The minimum Gasteiger partial charge on any atom is -0.496 e. The predicted molar refractivity (Wildman–Crippen MR) is 180 cm³/mol. The van der Waals surface area contributed by atoms with Gasteiger partial charge in [-0.25, -0.2) is 9.18 Å². The molecule has 0 spiro atoms. The van der Waals surface area contributed by atoms with Gasteiger partial charge in [0.15, 0.2) is 11.5 Å². The van der Waals surface area contributed by atoms with Crippen molar-refractivity contribution < 1.29 is 28.1 Å². The van der Waals surface area contributed by atoms with Crippen LogP contribution in [0.4, 0.5) is 14.9 Å². The van der Waals surface area contributed by atoms with Gasteiger partial charge in [-0.2, -0.15) is 5.26 Å². The molecular weight excluding hydrogens is 597 g/mol. The minimum atomic E-state index is -0.601. The summed E-state index contributed by atoms with van der Waals surface area (Å²) in [7, 11) is 3.20. The number of hydrogen-bond acceptors (Lipinski definition) is 7. The zero-order valence-electron chi connectivity index (χ0n) is 27.4. The zero-order chi connectivity index (χ0) is 33.6. The Labute approximate surface area is 275 Å². The number of alkyl carbamates (subject to hydrolysis) is 1. The Morgan fingerprint density at radius 3 is 2.26 bits per heavy atom. The van der Waals surface area contributed by atoms with Crippen LogP contribution in [0.25, 0.3) is 22.3 Å². The SMILES string of the molecule is COc1ccc(-c2c(OC)cc(N3CCC(NC(=O)OC(C)(C)C)CC3)cc2-c2ccc(C#N)c(F)c2)cc1OCc1ccccc1. The first kappa shape index (κ1) is 33.1. The highest BCUT2D eigenvalue weighted by Crippen LogP contribution is 2.45. The fraction of sp³-hybridized carbons (Fsp3) is 0.316. The number of rotatable bonds is 9. The van der Waals surface area contributed by atoms with E-state index < -0.39 is 17.5 Å². The first-order valence-corrected chi connectivity index (χ1v) is 15.6. The van der Waals surface area contributed by atoms with Gasteiger partial charge in [-0.1, -0.05) is 42.5 Å². The average Bonchev–Trinajstić information content (AvgIpc) is 3.06. The van der Waals surface area contributed by atoms with Crippen molar-refractivity contribution in [2.24, 2.45) is 0 Å². The topological polar surface area (TPSA) is 93.0 Å². The van der Waals surface area contributed by atoms with Crippen LogP contribution in [-0.4, -0.2) is 45.0 Å². The Kier molecular flexibility index (Phi) is 10.2. The number of hydrogen-bond donors (Lipinski definition) is 1. The number of methoxy groups -OCH3 is 2. The van der Waals surface area contributed by atoms with E-state index in [2.05, 4.69) is 10.2 Å². The number of anilines is 1. The lowest BCUT2D eigenvalue weighted by Gasteiger charge is -2.35. The van der Waals surface area contributed by atoms with Crippen molar-refractivity contribution in [1.29, 1.82) is 5.26 Å². The number of piperidine rings is 1. The number of ether oxygens (including phenoxy) is 4. The number of carbonyl (C=O) groups is 1. The van der Waals surface area contributed by atoms with E-state index in [4.69, 9.17) is 18.9 Å². The molecule has 244 valence electrons. The van der Waals surface area contributed by atoms with E-state index in [1.165, 1.54) is 12.1 Å². The van der Waals surface area contributed by atoms with Crippen molar-refractivity contribution in [2.75, 3.05) is 32.2 Å². The Balaban J connectivity index is 1.51. The summed E-state index contributed by atoms with van der Waals surface area (Å²) < 4.78 is 38.3. The van der Waals surface area contributed by atoms with Gasteiger partial charge in [0.25, 0.3) is 0 Å². The molecule has 4 aromatic rings. The van der Waals surface area contributed by atoms with Crippen molar-refractivity contribution in [3.63, 3.8) is 0 Å². The monoisotopic (exact) mass is 637 g/mol. The molecule has 5 rings (SSSR count). The number of benzene rings is 4. The Morgan fingerprint density at radius 2 is 1.62 bits per heavy atom. The molecule has 1 fully saturated rings. The van der Waals surface area contributed by atoms with Crippen LogP contribution in [0.15, 0.2) is 78.9 Å². The number of nitrogens with one attached hydrogen (secondary N) is 1. The van der Waals surface area contributed by atoms with Gasteiger partial charge in [0.05, 0.1) is 19.8 Å². The smallest absolute Gasteiger partial charge is 0.407 e. The third-order valence-corrected chi connectivity index (χ3v) is 7.98. The summed E-state index contributed by atoms with van der Waals surface area (Å²) in [6, 6.07) is 26.0. The van der Waals surface area contributed by atoms with Crippen LogP contribution in [-0.2, 0) is 11.3 Å². The summed E-state index contributed by atoms with van der Waals surface area (Å²) in [5.74, 6) is 1.12. The third kappa shape index (κ3) is 8.14. The number of amides is 1. The lowest BCUT2D eigenvalue weighted by Crippen LogP contribution is -2.46. The lowest BCUT2D eigenvalue weighted by molar-refractivity contribution is 0.0497.